The van der Waals surface area contributed by atoms with Gasteiger partial charge in [0.2, 0.25) is 0 Å². The van der Waals surface area contributed by atoms with Crippen LogP contribution in [-0.4, -0.2) is 6.29 Å². The molecule has 0 aromatic heterocycles. The van der Waals surface area contributed by atoms with E-state index in [1.807, 2.05) is 0 Å². The minimum atomic E-state index is -0.641. The first kappa shape index (κ1) is 11.7. The molecule has 0 aliphatic carbocycles. The second kappa shape index (κ2) is 4.63. The van der Waals surface area contributed by atoms with Crippen molar-refractivity contribution in [2.75, 3.05) is 0 Å². The monoisotopic (exact) mass is 252 g/mol. The summed E-state index contributed by atoms with van der Waals surface area (Å²) in [6.45, 7) is 0. The third kappa shape index (κ3) is 2.34. The van der Waals surface area contributed by atoms with Crippen LogP contribution in [0, 0.1) is 11.6 Å². The maximum Gasteiger partial charge on any atom is 0.153 e. The molecule has 0 unspecified atom stereocenters. The van der Waals surface area contributed by atoms with Crippen LogP contribution in [0.5, 0.6) is 0 Å². The minimum absolute atomic E-state index is 0.103. The van der Waals surface area contributed by atoms with Gasteiger partial charge in [0, 0.05) is 5.02 Å². The second-order valence-corrected chi connectivity index (χ2v) is 3.91. The van der Waals surface area contributed by atoms with Gasteiger partial charge in [0.05, 0.1) is 5.56 Å². The molecule has 0 heterocycles. The van der Waals surface area contributed by atoms with Gasteiger partial charge in [-0.15, -0.1) is 0 Å². The van der Waals surface area contributed by atoms with Crippen LogP contribution in [0.2, 0.25) is 5.02 Å². The summed E-state index contributed by atoms with van der Waals surface area (Å²) >= 11 is 5.71. The van der Waals surface area contributed by atoms with E-state index >= 15 is 0 Å². The predicted octanol–water partition coefficient (Wildman–Crippen LogP) is 4.10. The average molecular weight is 253 g/mol. The van der Waals surface area contributed by atoms with E-state index in [4.69, 9.17) is 11.6 Å². The summed E-state index contributed by atoms with van der Waals surface area (Å²) < 4.78 is 26.6. The van der Waals surface area contributed by atoms with Crippen molar-refractivity contribution >= 4 is 17.9 Å². The van der Waals surface area contributed by atoms with Crippen LogP contribution in [0.3, 0.4) is 0 Å². The van der Waals surface area contributed by atoms with Crippen LogP contribution >= 0.6 is 11.6 Å². The molecule has 2 aromatic rings. The van der Waals surface area contributed by atoms with Crippen LogP contribution in [0.1, 0.15) is 10.4 Å². The number of carbonyl (C=O) groups excluding carboxylic acids is 1. The van der Waals surface area contributed by atoms with Gasteiger partial charge in [0.15, 0.2) is 6.29 Å². The molecule has 0 atom stereocenters. The molecule has 86 valence electrons. The topological polar surface area (TPSA) is 17.1 Å². The Morgan fingerprint density at radius 2 is 1.88 bits per heavy atom. The van der Waals surface area contributed by atoms with Gasteiger partial charge >= 0.3 is 0 Å². The zero-order valence-corrected chi connectivity index (χ0v) is 9.34. The van der Waals surface area contributed by atoms with Crippen molar-refractivity contribution in [1.82, 2.24) is 0 Å². The highest BCUT2D eigenvalue weighted by molar-refractivity contribution is 6.30. The van der Waals surface area contributed by atoms with E-state index in [0.717, 1.165) is 6.07 Å². The molecular formula is C13H7ClF2O. The van der Waals surface area contributed by atoms with E-state index < -0.39 is 11.6 Å². The van der Waals surface area contributed by atoms with Crippen LogP contribution in [0.25, 0.3) is 11.1 Å². The Bertz CT molecular complexity index is 561. The summed E-state index contributed by atoms with van der Waals surface area (Å²) in [5.41, 5.74) is 0.590. The molecule has 0 radical (unpaired) electrons. The van der Waals surface area contributed by atoms with E-state index in [1.54, 1.807) is 0 Å². The number of rotatable bonds is 2. The van der Waals surface area contributed by atoms with E-state index in [9.17, 15) is 13.6 Å². The molecule has 1 nitrogen and oxygen atoms in total. The Kier molecular flexibility index (Phi) is 3.20. The van der Waals surface area contributed by atoms with Crippen LogP contribution in [-0.2, 0) is 0 Å². The number of carbonyl (C=O) groups is 1. The molecule has 2 aromatic carbocycles. The van der Waals surface area contributed by atoms with Gasteiger partial charge < -0.3 is 0 Å². The van der Waals surface area contributed by atoms with Gasteiger partial charge in [0.1, 0.15) is 11.6 Å². The molecule has 0 bridgehead atoms. The van der Waals surface area contributed by atoms with E-state index in [0.29, 0.717) is 17.4 Å². The van der Waals surface area contributed by atoms with Gasteiger partial charge in [-0.25, -0.2) is 8.78 Å². The van der Waals surface area contributed by atoms with Gasteiger partial charge in [-0.05, 0) is 35.4 Å². The van der Waals surface area contributed by atoms with Crippen LogP contribution in [0.4, 0.5) is 8.78 Å². The van der Waals surface area contributed by atoms with Crippen molar-refractivity contribution in [1.29, 1.82) is 0 Å². The summed E-state index contributed by atoms with van der Waals surface area (Å²) in [5, 5.41) is 0.195. The van der Waals surface area contributed by atoms with E-state index in [-0.39, 0.29) is 10.6 Å². The number of hydrogen-bond acceptors (Lipinski definition) is 1. The van der Waals surface area contributed by atoms with Gasteiger partial charge in [0.25, 0.3) is 0 Å². The summed E-state index contributed by atoms with van der Waals surface area (Å²) in [6, 6.07) is 7.99. The Hall–Kier alpha value is -1.74. The van der Waals surface area contributed by atoms with Crippen molar-refractivity contribution in [3.8, 4) is 11.1 Å². The third-order valence-corrected chi connectivity index (χ3v) is 2.56. The lowest BCUT2D eigenvalue weighted by Gasteiger charge is -2.06. The molecule has 0 saturated heterocycles. The molecule has 4 heteroatoms. The quantitative estimate of drug-likeness (QED) is 0.736. The van der Waals surface area contributed by atoms with E-state index in [1.165, 1.54) is 30.3 Å². The van der Waals surface area contributed by atoms with E-state index in [2.05, 4.69) is 0 Å². The van der Waals surface area contributed by atoms with Crippen molar-refractivity contribution in [3.05, 3.63) is 58.6 Å². The van der Waals surface area contributed by atoms with Crippen molar-refractivity contribution < 1.29 is 13.6 Å². The zero-order valence-electron chi connectivity index (χ0n) is 8.58. The number of aldehydes is 1. The fraction of sp³-hybridized carbons (Fsp3) is 0. The average Bonchev–Trinajstić information content (AvgIpc) is 2.27. The van der Waals surface area contributed by atoms with Crippen LogP contribution < -0.4 is 0 Å². The van der Waals surface area contributed by atoms with Gasteiger partial charge in [-0.1, -0.05) is 23.7 Å². The molecule has 0 spiro atoms. The second-order valence-electron chi connectivity index (χ2n) is 3.48. The maximum atomic E-state index is 13.4. The first-order valence-electron chi connectivity index (χ1n) is 4.82. The highest BCUT2D eigenvalue weighted by atomic mass is 35.5. The maximum absolute atomic E-state index is 13.4. The molecule has 0 aliphatic heterocycles. The van der Waals surface area contributed by atoms with Gasteiger partial charge in [-0.3, -0.25) is 4.79 Å². The summed E-state index contributed by atoms with van der Waals surface area (Å²) in [6.07, 6.45) is 0.406. The summed E-state index contributed by atoms with van der Waals surface area (Å²) in [7, 11) is 0. The molecular weight excluding hydrogens is 246 g/mol. The minimum Gasteiger partial charge on any atom is -0.298 e. The first-order valence-corrected chi connectivity index (χ1v) is 5.20. The Morgan fingerprint density at radius 3 is 2.53 bits per heavy atom. The smallest absolute Gasteiger partial charge is 0.153 e. The first-order chi connectivity index (χ1) is 8.11. The zero-order chi connectivity index (χ0) is 12.4. The molecule has 2 rings (SSSR count). The van der Waals surface area contributed by atoms with Crippen molar-refractivity contribution in [2.45, 2.75) is 0 Å². The molecule has 0 fully saturated rings. The Labute approximate surface area is 102 Å². The normalized spacial score (nSPS) is 10.3. The lowest BCUT2D eigenvalue weighted by atomic mass is 10.00. The highest BCUT2D eigenvalue weighted by Crippen LogP contribution is 2.27. The molecule has 0 aliphatic rings. The summed E-state index contributed by atoms with van der Waals surface area (Å²) in [5.74, 6) is -1.17. The Balaban J connectivity index is 2.67. The SMILES string of the molecule is O=Cc1c(F)cccc1-c1cc(F)cc(Cl)c1. The molecule has 17 heavy (non-hydrogen) atoms. The lowest BCUT2D eigenvalue weighted by molar-refractivity contribution is 0.112. The van der Waals surface area contributed by atoms with Crippen LogP contribution in [0.15, 0.2) is 36.4 Å². The lowest BCUT2D eigenvalue weighted by Crippen LogP contribution is -1.93. The Morgan fingerprint density at radius 1 is 1.12 bits per heavy atom. The van der Waals surface area contributed by atoms with Crippen molar-refractivity contribution in [2.24, 2.45) is 0 Å². The van der Waals surface area contributed by atoms with Crippen molar-refractivity contribution in [3.63, 3.8) is 0 Å². The highest BCUT2D eigenvalue weighted by Gasteiger charge is 2.10. The molecule has 0 saturated carbocycles. The fourth-order valence-electron chi connectivity index (χ4n) is 1.62. The van der Waals surface area contributed by atoms with Gasteiger partial charge in [-0.2, -0.15) is 0 Å². The fourth-order valence-corrected chi connectivity index (χ4v) is 1.84. The molecule has 0 amide bonds. The predicted molar refractivity (Wildman–Crippen MR) is 62.2 cm³/mol. The number of halogens is 3. The number of hydrogen-bond donors (Lipinski definition) is 0. The largest absolute Gasteiger partial charge is 0.298 e. The standard InChI is InChI=1S/C13H7ClF2O/c14-9-4-8(5-10(15)6-9)11-2-1-3-13(16)12(11)7-17/h1-7H. The third-order valence-electron chi connectivity index (χ3n) is 2.34. The summed E-state index contributed by atoms with van der Waals surface area (Å²) in [4.78, 5) is 10.8. The molecule has 0 N–H and O–H groups in total. The number of benzene rings is 2.